The van der Waals surface area contributed by atoms with Gasteiger partial charge in [-0.1, -0.05) is 30.3 Å². The van der Waals surface area contributed by atoms with Crippen molar-refractivity contribution in [2.75, 3.05) is 13.2 Å². The third kappa shape index (κ3) is 3.70. The molecular formula is C14H18O2. The topological polar surface area (TPSA) is 18.5 Å². The summed E-state index contributed by atoms with van der Waals surface area (Å²) in [6.45, 7) is 2.37. The van der Waals surface area contributed by atoms with Gasteiger partial charge in [0, 0.05) is 19.4 Å². The average molecular weight is 218 g/mol. The van der Waals surface area contributed by atoms with E-state index in [-0.39, 0.29) is 0 Å². The van der Waals surface area contributed by atoms with Gasteiger partial charge in [-0.05, 0) is 18.1 Å². The van der Waals surface area contributed by atoms with Crippen molar-refractivity contribution in [2.45, 2.75) is 25.9 Å². The van der Waals surface area contributed by atoms with Crippen LogP contribution in [-0.2, 0) is 16.1 Å². The Hall–Kier alpha value is -1.28. The van der Waals surface area contributed by atoms with Crippen LogP contribution in [0.3, 0.4) is 0 Å². The summed E-state index contributed by atoms with van der Waals surface area (Å²) in [5, 5.41) is 0. The second-order valence-electron chi connectivity index (χ2n) is 3.95. The van der Waals surface area contributed by atoms with Crippen molar-refractivity contribution in [3.63, 3.8) is 0 Å². The van der Waals surface area contributed by atoms with Gasteiger partial charge in [0.2, 0.25) is 0 Å². The van der Waals surface area contributed by atoms with E-state index in [1.54, 1.807) is 0 Å². The Morgan fingerprint density at radius 2 is 2.06 bits per heavy atom. The first-order valence-corrected chi connectivity index (χ1v) is 5.88. The number of rotatable bonds is 6. The van der Waals surface area contributed by atoms with E-state index in [0.29, 0.717) is 6.61 Å². The van der Waals surface area contributed by atoms with Gasteiger partial charge in [0.1, 0.15) is 0 Å². The zero-order valence-corrected chi connectivity index (χ0v) is 9.52. The van der Waals surface area contributed by atoms with Crippen LogP contribution in [0.1, 0.15) is 24.8 Å². The minimum absolute atomic E-state index is 0.709. The lowest BCUT2D eigenvalue weighted by Crippen LogP contribution is -1.96. The fourth-order valence-electron chi connectivity index (χ4n) is 1.76. The normalized spacial score (nSPS) is 14.6. The summed E-state index contributed by atoms with van der Waals surface area (Å²) in [7, 11) is 0. The molecule has 2 nitrogen and oxygen atoms in total. The van der Waals surface area contributed by atoms with Crippen LogP contribution in [0.5, 0.6) is 0 Å². The first-order valence-electron chi connectivity index (χ1n) is 5.88. The Kier molecular flexibility index (Phi) is 4.44. The molecule has 0 fully saturated rings. The Morgan fingerprint density at radius 3 is 2.81 bits per heavy atom. The predicted molar refractivity (Wildman–Crippen MR) is 64.0 cm³/mol. The van der Waals surface area contributed by atoms with Gasteiger partial charge in [-0.15, -0.1) is 0 Å². The fraction of sp³-hybridized carbons (Fsp3) is 0.429. The van der Waals surface area contributed by atoms with Gasteiger partial charge in [0.05, 0.1) is 19.0 Å². The molecule has 0 aliphatic carbocycles. The first-order chi connectivity index (χ1) is 7.95. The molecule has 16 heavy (non-hydrogen) atoms. The van der Waals surface area contributed by atoms with Crippen LogP contribution in [0.2, 0.25) is 0 Å². The lowest BCUT2D eigenvalue weighted by Gasteiger charge is -2.05. The number of ether oxygens (including phenoxy) is 2. The molecule has 1 aliphatic heterocycles. The third-order valence-electron chi connectivity index (χ3n) is 2.60. The molecule has 1 aromatic rings. The minimum atomic E-state index is 0.709. The maximum Gasteiger partial charge on any atom is 0.0922 e. The SMILES string of the molecule is C1=C(CCCOCc2ccccc2)OCC1. The van der Waals surface area contributed by atoms with Crippen molar-refractivity contribution in [1.82, 2.24) is 0 Å². The highest BCUT2D eigenvalue weighted by Crippen LogP contribution is 2.14. The van der Waals surface area contributed by atoms with Crippen LogP contribution >= 0.6 is 0 Å². The summed E-state index contributed by atoms with van der Waals surface area (Å²) in [4.78, 5) is 0. The summed E-state index contributed by atoms with van der Waals surface area (Å²) >= 11 is 0. The molecule has 0 aromatic heterocycles. The quantitative estimate of drug-likeness (QED) is 0.682. The van der Waals surface area contributed by atoms with Crippen molar-refractivity contribution >= 4 is 0 Å². The van der Waals surface area contributed by atoms with Crippen molar-refractivity contribution < 1.29 is 9.47 Å². The molecule has 0 radical (unpaired) electrons. The highest BCUT2D eigenvalue weighted by molar-refractivity contribution is 5.13. The van der Waals surface area contributed by atoms with E-state index >= 15 is 0 Å². The highest BCUT2D eigenvalue weighted by Gasteiger charge is 2.04. The zero-order chi connectivity index (χ0) is 11.1. The molecule has 86 valence electrons. The summed E-state index contributed by atoms with van der Waals surface area (Å²) in [6, 6.07) is 10.3. The number of hydrogen-bond donors (Lipinski definition) is 0. The van der Waals surface area contributed by atoms with Gasteiger partial charge in [-0.2, -0.15) is 0 Å². The maximum absolute atomic E-state index is 5.60. The highest BCUT2D eigenvalue weighted by atomic mass is 16.5. The first kappa shape index (κ1) is 11.2. The van der Waals surface area contributed by atoms with Crippen molar-refractivity contribution in [3.8, 4) is 0 Å². The van der Waals surface area contributed by atoms with E-state index in [1.165, 1.54) is 5.56 Å². The van der Waals surface area contributed by atoms with Crippen LogP contribution in [-0.4, -0.2) is 13.2 Å². The molecule has 0 bridgehead atoms. The van der Waals surface area contributed by atoms with Gasteiger partial charge >= 0.3 is 0 Å². The number of allylic oxidation sites excluding steroid dienone is 1. The number of hydrogen-bond acceptors (Lipinski definition) is 2. The molecule has 1 aromatic carbocycles. The van der Waals surface area contributed by atoms with Crippen LogP contribution < -0.4 is 0 Å². The third-order valence-corrected chi connectivity index (χ3v) is 2.60. The lowest BCUT2D eigenvalue weighted by molar-refractivity contribution is 0.114. The van der Waals surface area contributed by atoms with Gasteiger partial charge in [-0.25, -0.2) is 0 Å². The molecule has 2 heteroatoms. The zero-order valence-electron chi connectivity index (χ0n) is 9.52. The monoisotopic (exact) mass is 218 g/mol. The molecule has 2 rings (SSSR count). The van der Waals surface area contributed by atoms with Gasteiger partial charge in [0.15, 0.2) is 0 Å². The van der Waals surface area contributed by atoms with Gasteiger partial charge in [0.25, 0.3) is 0 Å². The van der Waals surface area contributed by atoms with E-state index in [1.807, 2.05) is 18.2 Å². The molecule has 1 aliphatic rings. The summed E-state index contributed by atoms with van der Waals surface area (Å²) < 4.78 is 11.0. The molecule has 0 atom stereocenters. The Balaban J connectivity index is 1.55. The summed E-state index contributed by atoms with van der Waals surface area (Å²) in [5.74, 6) is 1.14. The summed E-state index contributed by atoms with van der Waals surface area (Å²) in [5.41, 5.74) is 1.24. The molecule has 0 saturated heterocycles. The standard InChI is InChI=1S/C14H18O2/c1-2-6-13(7-3-1)12-15-10-4-8-14-9-5-11-16-14/h1-3,6-7,9H,4-5,8,10-12H2. The maximum atomic E-state index is 5.60. The second-order valence-corrected chi connectivity index (χ2v) is 3.95. The Morgan fingerprint density at radius 1 is 1.19 bits per heavy atom. The molecular weight excluding hydrogens is 200 g/mol. The van der Waals surface area contributed by atoms with Crippen LogP contribution in [0, 0.1) is 0 Å². The van der Waals surface area contributed by atoms with E-state index in [0.717, 1.165) is 38.2 Å². The van der Waals surface area contributed by atoms with Gasteiger partial charge < -0.3 is 9.47 Å². The molecule has 0 amide bonds. The molecule has 1 heterocycles. The van der Waals surface area contributed by atoms with E-state index in [4.69, 9.17) is 9.47 Å². The Bertz CT molecular complexity index is 330. The van der Waals surface area contributed by atoms with Crippen molar-refractivity contribution in [3.05, 3.63) is 47.7 Å². The summed E-state index contributed by atoms with van der Waals surface area (Å²) in [6.07, 6.45) is 5.30. The smallest absolute Gasteiger partial charge is 0.0922 e. The second kappa shape index (κ2) is 6.33. The lowest BCUT2D eigenvalue weighted by atomic mass is 10.2. The minimum Gasteiger partial charge on any atom is -0.498 e. The van der Waals surface area contributed by atoms with Crippen LogP contribution in [0.4, 0.5) is 0 Å². The predicted octanol–water partition coefficient (Wildman–Crippen LogP) is 3.29. The Labute approximate surface area is 96.9 Å². The van der Waals surface area contributed by atoms with Gasteiger partial charge in [-0.3, -0.25) is 0 Å². The van der Waals surface area contributed by atoms with Crippen molar-refractivity contribution in [2.24, 2.45) is 0 Å². The largest absolute Gasteiger partial charge is 0.498 e. The molecule has 0 N–H and O–H groups in total. The average Bonchev–Trinajstić information content (AvgIpc) is 2.83. The van der Waals surface area contributed by atoms with E-state index in [9.17, 15) is 0 Å². The molecule has 0 spiro atoms. The fourth-order valence-corrected chi connectivity index (χ4v) is 1.76. The number of benzene rings is 1. The van der Waals surface area contributed by atoms with Crippen molar-refractivity contribution in [1.29, 1.82) is 0 Å². The van der Waals surface area contributed by atoms with Crippen LogP contribution in [0.25, 0.3) is 0 Å². The van der Waals surface area contributed by atoms with Crippen LogP contribution in [0.15, 0.2) is 42.2 Å². The van der Waals surface area contributed by atoms with E-state index < -0.39 is 0 Å². The van der Waals surface area contributed by atoms with E-state index in [2.05, 4.69) is 18.2 Å². The molecule has 0 unspecified atom stereocenters. The molecule has 0 saturated carbocycles.